The lowest BCUT2D eigenvalue weighted by atomic mass is 9.81. The fourth-order valence-electron chi connectivity index (χ4n) is 6.23. The number of esters is 1. The minimum atomic E-state index is -6.33. The summed E-state index contributed by atoms with van der Waals surface area (Å²) < 4.78 is 127. The molecule has 2 aliphatic rings. The molecule has 1 unspecified atom stereocenters. The first-order valence-electron chi connectivity index (χ1n) is 14.1. The van der Waals surface area contributed by atoms with Gasteiger partial charge in [0.15, 0.2) is 9.84 Å². The predicted molar refractivity (Wildman–Crippen MR) is 145 cm³/mol. The van der Waals surface area contributed by atoms with Gasteiger partial charge in [-0.15, -0.1) is 0 Å². The van der Waals surface area contributed by atoms with Crippen molar-refractivity contribution in [3.05, 3.63) is 65.2 Å². The Kier molecular flexibility index (Phi) is 9.18. The van der Waals surface area contributed by atoms with E-state index in [1.807, 2.05) is 0 Å². The van der Waals surface area contributed by atoms with Crippen molar-refractivity contribution in [1.82, 2.24) is 4.90 Å². The van der Waals surface area contributed by atoms with Gasteiger partial charge in [0.2, 0.25) is 5.91 Å². The molecule has 1 saturated carbocycles. The standard InChI is InChI=1S/C30H32F7NO5S/c1-3-19-5-4-6-24(17-19)44(41,42)27(22-11-13-23(14-12-22)28(31,29(32,33)34)30(35,36)37)15-16-38(18-27)25(39)20-7-9-21(10-8-20)26(40)43-2/h4-6,11-14,17,20-21H,3,7-10,15-16,18H2,1-2H3. The van der Waals surface area contributed by atoms with Crippen LogP contribution in [0.5, 0.6) is 0 Å². The van der Waals surface area contributed by atoms with E-state index < -0.39 is 50.6 Å². The van der Waals surface area contributed by atoms with Crippen LogP contribution in [0.2, 0.25) is 0 Å². The lowest BCUT2D eigenvalue weighted by Crippen LogP contribution is -2.50. The Labute approximate surface area is 250 Å². The topological polar surface area (TPSA) is 80.8 Å². The molecule has 1 aliphatic heterocycles. The normalized spacial score (nSPS) is 23.4. The van der Waals surface area contributed by atoms with Gasteiger partial charge in [-0.25, -0.2) is 12.8 Å². The third kappa shape index (κ3) is 5.69. The zero-order chi connectivity index (χ0) is 32.7. The molecule has 44 heavy (non-hydrogen) atoms. The van der Waals surface area contributed by atoms with E-state index in [2.05, 4.69) is 0 Å². The largest absolute Gasteiger partial charge is 0.469 e. The predicted octanol–water partition coefficient (Wildman–Crippen LogP) is 6.42. The highest BCUT2D eigenvalue weighted by Gasteiger charge is 2.73. The lowest BCUT2D eigenvalue weighted by molar-refractivity contribution is -0.348. The van der Waals surface area contributed by atoms with Gasteiger partial charge in [-0.05, 0) is 61.8 Å². The molecule has 0 aromatic heterocycles. The van der Waals surface area contributed by atoms with Crippen LogP contribution < -0.4 is 0 Å². The number of hydrogen-bond donors (Lipinski definition) is 0. The number of carbonyl (C=O) groups excluding carboxylic acids is 2. The van der Waals surface area contributed by atoms with E-state index in [-0.39, 0.29) is 41.2 Å². The van der Waals surface area contributed by atoms with E-state index in [1.54, 1.807) is 13.0 Å². The summed E-state index contributed by atoms with van der Waals surface area (Å²) in [6.45, 7) is 1.33. The molecule has 2 fully saturated rings. The number of benzene rings is 2. The number of hydrogen-bond acceptors (Lipinski definition) is 5. The van der Waals surface area contributed by atoms with Crippen LogP contribution in [0, 0.1) is 11.8 Å². The Hall–Kier alpha value is -3.16. The molecule has 0 bridgehead atoms. The van der Waals surface area contributed by atoms with Crippen molar-refractivity contribution in [2.24, 2.45) is 11.8 Å². The van der Waals surface area contributed by atoms with Gasteiger partial charge in [0, 0.05) is 24.6 Å². The average Bonchev–Trinajstić information content (AvgIpc) is 3.46. The maximum absolute atomic E-state index is 14.7. The van der Waals surface area contributed by atoms with Gasteiger partial charge in [-0.1, -0.05) is 43.3 Å². The van der Waals surface area contributed by atoms with Crippen LogP contribution in [0.3, 0.4) is 0 Å². The second-order valence-electron chi connectivity index (χ2n) is 11.3. The molecule has 0 radical (unpaired) electrons. The van der Waals surface area contributed by atoms with E-state index in [9.17, 15) is 48.7 Å². The summed E-state index contributed by atoms with van der Waals surface area (Å²) in [6.07, 6.45) is -10.9. The summed E-state index contributed by atoms with van der Waals surface area (Å²) in [4.78, 5) is 26.7. The van der Waals surface area contributed by atoms with E-state index in [0.717, 1.165) is 12.1 Å². The molecule has 1 atom stereocenters. The van der Waals surface area contributed by atoms with E-state index >= 15 is 0 Å². The third-order valence-electron chi connectivity index (χ3n) is 8.88. The van der Waals surface area contributed by atoms with Crippen molar-refractivity contribution in [2.45, 2.75) is 73.1 Å². The maximum atomic E-state index is 14.7. The van der Waals surface area contributed by atoms with E-state index in [1.165, 1.54) is 30.2 Å². The molecule has 6 nitrogen and oxygen atoms in total. The summed E-state index contributed by atoms with van der Waals surface area (Å²) in [7, 11) is -3.13. The van der Waals surface area contributed by atoms with Crippen LogP contribution in [0.15, 0.2) is 53.4 Å². The number of amides is 1. The van der Waals surface area contributed by atoms with Crippen molar-refractivity contribution >= 4 is 21.7 Å². The number of rotatable bonds is 7. The molecule has 0 N–H and O–H groups in total. The second-order valence-corrected chi connectivity index (χ2v) is 13.6. The number of nitrogens with zero attached hydrogens (tertiary/aromatic N) is 1. The highest BCUT2D eigenvalue weighted by Crippen LogP contribution is 2.54. The summed E-state index contributed by atoms with van der Waals surface area (Å²) in [5.74, 6) is -1.61. The molecule has 2 aromatic rings. The fourth-order valence-corrected chi connectivity index (χ4v) is 8.38. The molecule has 242 valence electrons. The molecule has 0 spiro atoms. The Morgan fingerprint density at radius 2 is 1.48 bits per heavy atom. The smallest absolute Gasteiger partial charge is 0.435 e. The monoisotopic (exact) mass is 651 g/mol. The van der Waals surface area contributed by atoms with Crippen LogP contribution in [0.1, 0.15) is 55.7 Å². The first kappa shape index (κ1) is 33.7. The van der Waals surface area contributed by atoms with Crippen molar-refractivity contribution in [2.75, 3.05) is 20.2 Å². The Bertz CT molecular complexity index is 1470. The average molecular weight is 652 g/mol. The molecule has 1 saturated heterocycles. The number of aryl methyl sites for hydroxylation is 1. The first-order valence-corrected chi connectivity index (χ1v) is 15.5. The lowest BCUT2D eigenvalue weighted by Gasteiger charge is -2.33. The summed E-state index contributed by atoms with van der Waals surface area (Å²) in [5.41, 5.74) is -6.92. The summed E-state index contributed by atoms with van der Waals surface area (Å²) >= 11 is 0. The number of methoxy groups -OCH3 is 1. The SMILES string of the molecule is CCc1cccc(S(=O)(=O)C2(c3ccc(C(F)(C(F)(F)F)C(F)(F)F)cc3)CCN(C(=O)C3CCC(C(=O)OC)CC3)C2)c1. The molecule has 2 aromatic carbocycles. The summed E-state index contributed by atoms with van der Waals surface area (Å²) in [5, 5.41) is 0. The van der Waals surface area contributed by atoms with Gasteiger partial charge in [-0.2, -0.15) is 26.3 Å². The Morgan fingerprint density at radius 3 is 2.00 bits per heavy atom. The Balaban J connectivity index is 1.74. The number of alkyl halides is 7. The van der Waals surface area contributed by atoms with Gasteiger partial charge in [0.05, 0.1) is 17.9 Å². The number of ether oxygens (including phenoxy) is 1. The zero-order valence-electron chi connectivity index (χ0n) is 24.0. The molecular weight excluding hydrogens is 619 g/mol. The zero-order valence-corrected chi connectivity index (χ0v) is 24.8. The molecule has 1 amide bonds. The van der Waals surface area contributed by atoms with Gasteiger partial charge >= 0.3 is 24.0 Å². The van der Waals surface area contributed by atoms with E-state index in [4.69, 9.17) is 4.74 Å². The van der Waals surface area contributed by atoms with E-state index in [0.29, 0.717) is 49.8 Å². The number of halogens is 7. The molecule has 1 heterocycles. The van der Waals surface area contributed by atoms with Crippen LogP contribution >= 0.6 is 0 Å². The minimum Gasteiger partial charge on any atom is -0.469 e. The number of likely N-dealkylation sites (tertiary alicyclic amines) is 1. The summed E-state index contributed by atoms with van der Waals surface area (Å²) in [6, 6.07) is 8.11. The van der Waals surface area contributed by atoms with Crippen molar-refractivity contribution in [1.29, 1.82) is 0 Å². The molecular formula is C30H32F7NO5S. The first-order chi connectivity index (χ1) is 20.4. The van der Waals surface area contributed by atoms with Crippen molar-refractivity contribution in [3.63, 3.8) is 0 Å². The molecule has 1 aliphatic carbocycles. The third-order valence-corrected chi connectivity index (χ3v) is 11.3. The number of sulfone groups is 1. The van der Waals surface area contributed by atoms with Crippen molar-refractivity contribution < 1.29 is 53.5 Å². The minimum absolute atomic E-state index is 0.0532. The van der Waals surface area contributed by atoms with Crippen LogP contribution in [0.4, 0.5) is 30.7 Å². The van der Waals surface area contributed by atoms with Gasteiger partial charge in [0.25, 0.3) is 0 Å². The highest BCUT2D eigenvalue weighted by molar-refractivity contribution is 7.92. The van der Waals surface area contributed by atoms with Crippen molar-refractivity contribution in [3.8, 4) is 0 Å². The fraction of sp³-hybridized carbons (Fsp3) is 0.533. The van der Waals surface area contributed by atoms with Crippen LogP contribution in [0.25, 0.3) is 0 Å². The quantitative estimate of drug-likeness (QED) is 0.255. The van der Waals surface area contributed by atoms with Gasteiger partial charge in [-0.3, -0.25) is 9.59 Å². The van der Waals surface area contributed by atoms with Crippen LogP contribution in [-0.4, -0.2) is 57.7 Å². The number of carbonyl (C=O) groups is 2. The Morgan fingerprint density at radius 1 is 0.909 bits per heavy atom. The maximum Gasteiger partial charge on any atom is 0.435 e. The van der Waals surface area contributed by atoms with Gasteiger partial charge in [0.1, 0.15) is 4.75 Å². The second kappa shape index (κ2) is 12.0. The highest BCUT2D eigenvalue weighted by atomic mass is 32.2. The van der Waals surface area contributed by atoms with Crippen LogP contribution in [-0.2, 0) is 41.0 Å². The molecule has 14 heteroatoms. The van der Waals surface area contributed by atoms with Gasteiger partial charge < -0.3 is 9.64 Å². The molecule has 4 rings (SSSR count).